The van der Waals surface area contributed by atoms with Crippen LogP contribution >= 0.6 is 11.3 Å². The predicted molar refractivity (Wildman–Crippen MR) is 77.1 cm³/mol. The van der Waals surface area contributed by atoms with E-state index in [2.05, 4.69) is 4.74 Å². The van der Waals surface area contributed by atoms with E-state index >= 15 is 0 Å². The van der Waals surface area contributed by atoms with Crippen molar-refractivity contribution >= 4 is 23.3 Å². The summed E-state index contributed by atoms with van der Waals surface area (Å²) in [4.78, 5) is 22.0. The molecule has 0 bridgehead atoms. The summed E-state index contributed by atoms with van der Waals surface area (Å²) in [6.07, 6.45) is 0. The average molecular weight is 310 g/mol. The monoisotopic (exact) mass is 310 g/mol. The lowest BCUT2D eigenvalue weighted by Gasteiger charge is -2.04. The van der Waals surface area contributed by atoms with Crippen molar-refractivity contribution in [1.82, 2.24) is 0 Å². The van der Waals surface area contributed by atoms with Gasteiger partial charge in [0.1, 0.15) is 0 Å². The molecule has 2 aromatic rings. The van der Waals surface area contributed by atoms with Gasteiger partial charge in [-0.3, -0.25) is 0 Å². The highest BCUT2D eigenvalue weighted by atomic mass is 32.1. The summed E-state index contributed by atoms with van der Waals surface area (Å²) in [5.74, 6) is -1.84. The molecule has 0 aliphatic rings. The van der Waals surface area contributed by atoms with Crippen LogP contribution in [0.5, 0.6) is 11.5 Å². The largest absolute Gasteiger partial charge is 0.504 e. The van der Waals surface area contributed by atoms with Crippen molar-refractivity contribution in [3.63, 3.8) is 0 Å². The maximum atomic E-state index is 11.2. The van der Waals surface area contributed by atoms with Gasteiger partial charge in [0.25, 0.3) is 0 Å². The minimum Gasteiger partial charge on any atom is -0.504 e. The van der Waals surface area contributed by atoms with Crippen molar-refractivity contribution in [2.24, 2.45) is 0 Å². The molecule has 6 nitrogen and oxygen atoms in total. The predicted octanol–water partition coefficient (Wildman–Crippen LogP) is 2.64. The first kappa shape index (κ1) is 16.5. The second-order valence-corrected chi connectivity index (χ2v) is 4.73. The zero-order chi connectivity index (χ0) is 16.0. The second-order valence-electron chi connectivity index (χ2n) is 3.99. The van der Waals surface area contributed by atoms with E-state index < -0.39 is 11.9 Å². The Hall–Kier alpha value is -2.54. The summed E-state index contributed by atoms with van der Waals surface area (Å²) in [6, 6.07) is 4.55. The van der Waals surface area contributed by atoms with Crippen LogP contribution in [-0.4, -0.2) is 34.4 Å². The molecule has 0 radical (unpaired) electrons. The number of aromatic hydroxyl groups is 2. The molecule has 112 valence electrons. The Morgan fingerprint density at radius 1 is 1.10 bits per heavy atom. The van der Waals surface area contributed by atoms with E-state index in [9.17, 15) is 9.59 Å². The van der Waals surface area contributed by atoms with Gasteiger partial charge in [-0.15, -0.1) is 11.3 Å². The molecule has 0 saturated heterocycles. The van der Waals surface area contributed by atoms with Gasteiger partial charge < -0.3 is 20.1 Å². The number of hydrogen-bond acceptors (Lipinski definition) is 6. The number of carboxylic acid groups (broad SMARTS) is 1. The molecule has 0 aliphatic carbocycles. The van der Waals surface area contributed by atoms with Gasteiger partial charge in [-0.05, 0) is 19.1 Å². The Bertz CT molecular complexity index is 630. The number of thiophene rings is 1. The average Bonchev–Trinajstić information content (AvgIpc) is 2.82. The molecule has 21 heavy (non-hydrogen) atoms. The third-order valence-electron chi connectivity index (χ3n) is 2.43. The standard InChI is InChI=1S/C10H10O4.C4H4O2S/c1-6-3-4-7(10(13)14-2)8(5-6)9(11)12;5-3-1-7-2-4(3)6/h3-5H,1-2H3,(H,11,12);1-2,5-6H. The minimum absolute atomic E-state index is 0.0307. The Labute approximate surface area is 124 Å². The SMILES string of the molecule is COC(=O)c1ccc(C)cc1C(=O)O.Oc1cscc1O. The van der Waals surface area contributed by atoms with E-state index in [0.717, 1.165) is 5.56 Å². The molecule has 3 N–H and O–H groups in total. The molecular formula is C14H14O6S. The van der Waals surface area contributed by atoms with Gasteiger partial charge in [0.05, 0.1) is 18.2 Å². The van der Waals surface area contributed by atoms with Gasteiger partial charge in [0.15, 0.2) is 11.5 Å². The van der Waals surface area contributed by atoms with Crippen LogP contribution in [0.4, 0.5) is 0 Å². The van der Waals surface area contributed by atoms with E-state index in [1.54, 1.807) is 13.0 Å². The highest BCUT2D eigenvalue weighted by Gasteiger charge is 2.16. The molecule has 0 aliphatic heterocycles. The van der Waals surface area contributed by atoms with Crippen LogP contribution in [0.15, 0.2) is 29.0 Å². The number of hydrogen-bond donors (Lipinski definition) is 3. The number of benzene rings is 1. The van der Waals surface area contributed by atoms with Crippen molar-refractivity contribution in [2.75, 3.05) is 7.11 Å². The fourth-order valence-electron chi connectivity index (χ4n) is 1.41. The number of methoxy groups -OCH3 is 1. The number of rotatable bonds is 2. The fourth-order valence-corrected chi connectivity index (χ4v) is 1.97. The number of aryl methyl sites for hydroxylation is 1. The van der Waals surface area contributed by atoms with Crippen molar-refractivity contribution in [3.05, 3.63) is 45.6 Å². The molecule has 2 rings (SSSR count). The molecule has 1 aromatic carbocycles. The zero-order valence-corrected chi connectivity index (χ0v) is 12.2. The third kappa shape index (κ3) is 4.50. The Balaban J connectivity index is 0.000000262. The van der Waals surface area contributed by atoms with Crippen LogP contribution in [0, 0.1) is 6.92 Å². The quantitative estimate of drug-likeness (QED) is 0.737. The lowest BCUT2D eigenvalue weighted by Crippen LogP contribution is -2.10. The summed E-state index contributed by atoms with van der Waals surface area (Å²) in [7, 11) is 1.22. The summed E-state index contributed by atoms with van der Waals surface area (Å²) >= 11 is 1.27. The van der Waals surface area contributed by atoms with Crippen molar-refractivity contribution < 1.29 is 29.6 Å². The van der Waals surface area contributed by atoms with E-state index in [1.165, 1.54) is 41.3 Å². The van der Waals surface area contributed by atoms with Crippen LogP contribution in [0.3, 0.4) is 0 Å². The van der Waals surface area contributed by atoms with Crippen molar-refractivity contribution in [1.29, 1.82) is 0 Å². The van der Waals surface area contributed by atoms with Crippen molar-refractivity contribution in [3.8, 4) is 11.5 Å². The summed E-state index contributed by atoms with van der Waals surface area (Å²) in [6.45, 7) is 1.76. The smallest absolute Gasteiger partial charge is 0.338 e. The van der Waals surface area contributed by atoms with Gasteiger partial charge in [-0.25, -0.2) is 9.59 Å². The summed E-state index contributed by atoms with van der Waals surface area (Å²) < 4.78 is 4.46. The number of ether oxygens (including phenoxy) is 1. The Kier molecular flexibility index (Phi) is 5.74. The maximum absolute atomic E-state index is 11.2. The van der Waals surface area contributed by atoms with E-state index in [4.69, 9.17) is 15.3 Å². The molecule has 0 amide bonds. The highest BCUT2D eigenvalue weighted by molar-refractivity contribution is 7.08. The molecule has 0 spiro atoms. The Morgan fingerprint density at radius 3 is 2.05 bits per heavy atom. The molecule has 7 heteroatoms. The molecule has 1 heterocycles. The minimum atomic E-state index is -1.13. The van der Waals surface area contributed by atoms with Crippen LogP contribution in [0.2, 0.25) is 0 Å². The normalized spacial score (nSPS) is 9.43. The first-order valence-electron chi connectivity index (χ1n) is 5.73. The molecule has 0 fully saturated rings. The molecule has 0 saturated carbocycles. The number of carboxylic acids is 1. The van der Waals surface area contributed by atoms with Gasteiger partial charge >= 0.3 is 11.9 Å². The fraction of sp³-hybridized carbons (Fsp3) is 0.143. The number of esters is 1. The molecule has 0 unspecified atom stereocenters. The van der Waals surface area contributed by atoms with Crippen LogP contribution in [0.1, 0.15) is 26.3 Å². The lowest BCUT2D eigenvalue weighted by molar-refractivity contribution is 0.0582. The van der Waals surface area contributed by atoms with Crippen LogP contribution in [0.25, 0.3) is 0 Å². The first-order chi connectivity index (χ1) is 9.86. The van der Waals surface area contributed by atoms with Gasteiger partial charge in [0.2, 0.25) is 0 Å². The van der Waals surface area contributed by atoms with E-state index in [0.29, 0.717) is 0 Å². The molecule has 1 aromatic heterocycles. The lowest BCUT2D eigenvalue weighted by atomic mass is 10.0. The zero-order valence-electron chi connectivity index (χ0n) is 11.4. The van der Waals surface area contributed by atoms with Crippen LogP contribution < -0.4 is 0 Å². The summed E-state index contributed by atoms with van der Waals surface area (Å²) in [5.41, 5.74) is 0.831. The molecule has 0 atom stereocenters. The number of aromatic carboxylic acids is 1. The number of carbonyl (C=O) groups is 2. The van der Waals surface area contributed by atoms with Gasteiger partial charge in [-0.1, -0.05) is 11.6 Å². The summed E-state index contributed by atoms with van der Waals surface area (Å²) in [5, 5.41) is 28.8. The van der Waals surface area contributed by atoms with Crippen molar-refractivity contribution in [2.45, 2.75) is 6.92 Å². The van der Waals surface area contributed by atoms with Gasteiger partial charge in [0, 0.05) is 10.8 Å². The van der Waals surface area contributed by atoms with Crippen LogP contribution in [-0.2, 0) is 4.74 Å². The first-order valence-corrected chi connectivity index (χ1v) is 6.67. The maximum Gasteiger partial charge on any atom is 0.338 e. The van der Waals surface area contributed by atoms with E-state index in [1.807, 2.05) is 0 Å². The Morgan fingerprint density at radius 2 is 1.67 bits per heavy atom. The molecular weight excluding hydrogens is 296 g/mol. The third-order valence-corrected chi connectivity index (χ3v) is 3.15. The second kappa shape index (κ2) is 7.30. The number of carbonyl (C=O) groups excluding carboxylic acids is 1. The highest BCUT2D eigenvalue weighted by Crippen LogP contribution is 2.27. The van der Waals surface area contributed by atoms with E-state index in [-0.39, 0.29) is 22.6 Å². The topological polar surface area (TPSA) is 104 Å². The van der Waals surface area contributed by atoms with Gasteiger partial charge in [-0.2, -0.15) is 0 Å².